The predicted molar refractivity (Wildman–Crippen MR) is 94.5 cm³/mol. The Balaban J connectivity index is 1.75. The SMILES string of the molecule is CC(=O)c1ccc(NC(=O)NCC2CN(CC(C)C)CCO2)cc1. The first-order chi connectivity index (χ1) is 11.4. The Morgan fingerprint density at radius 2 is 2.00 bits per heavy atom. The van der Waals surface area contributed by atoms with Crippen LogP contribution in [0.3, 0.4) is 0 Å². The second kappa shape index (κ2) is 8.80. The van der Waals surface area contributed by atoms with Gasteiger partial charge in [-0.3, -0.25) is 9.69 Å². The monoisotopic (exact) mass is 333 g/mol. The number of ether oxygens (including phenoxy) is 1. The Hall–Kier alpha value is -1.92. The third-order valence-electron chi connectivity index (χ3n) is 3.89. The number of hydrogen-bond donors (Lipinski definition) is 2. The molecule has 1 atom stereocenters. The van der Waals surface area contributed by atoms with Gasteiger partial charge < -0.3 is 15.4 Å². The topological polar surface area (TPSA) is 70.7 Å². The molecule has 2 rings (SSSR count). The molecule has 1 fully saturated rings. The van der Waals surface area contributed by atoms with Crippen LogP contribution in [0.15, 0.2) is 24.3 Å². The van der Waals surface area contributed by atoms with E-state index in [0.717, 1.165) is 19.6 Å². The van der Waals surface area contributed by atoms with E-state index >= 15 is 0 Å². The highest BCUT2D eigenvalue weighted by Crippen LogP contribution is 2.10. The van der Waals surface area contributed by atoms with Crippen LogP contribution < -0.4 is 10.6 Å². The molecule has 1 aromatic rings. The third-order valence-corrected chi connectivity index (χ3v) is 3.89. The van der Waals surface area contributed by atoms with Gasteiger partial charge in [-0.05, 0) is 37.1 Å². The van der Waals surface area contributed by atoms with Crippen molar-refractivity contribution in [1.82, 2.24) is 10.2 Å². The molecule has 1 unspecified atom stereocenters. The van der Waals surface area contributed by atoms with Gasteiger partial charge in [0, 0.05) is 37.4 Å². The summed E-state index contributed by atoms with van der Waals surface area (Å²) in [5.41, 5.74) is 1.28. The number of rotatable bonds is 6. The Kier molecular flexibility index (Phi) is 6.75. The van der Waals surface area contributed by atoms with Crippen molar-refractivity contribution in [3.8, 4) is 0 Å². The minimum atomic E-state index is -0.268. The number of urea groups is 1. The van der Waals surface area contributed by atoms with Crippen LogP contribution in [0.25, 0.3) is 0 Å². The lowest BCUT2D eigenvalue weighted by atomic mass is 10.1. The largest absolute Gasteiger partial charge is 0.374 e. The van der Waals surface area contributed by atoms with Crippen molar-refractivity contribution in [3.63, 3.8) is 0 Å². The van der Waals surface area contributed by atoms with Crippen LogP contribution in [0.1, 0.15) is 31.1 Å². The van der Waals surface area contributed by atoms with E-state index in [1.54, 1.807) is 24.3 Å². The molecule has 1 aliphatic heterocycles. The van der Waals surface area contributed by atoms with Gasteiger partial charge in [0.1, 0.15) is 0 Å². The minimum Gasteiger partial charge on any atom is -0.374 e. The molecule has 0 aliphatic carbocycles. The number of anilines is 1. The standard InChI is InChI=1S/C18H27N3O3/c1-13(2)11-21-8-9-24-17(12-21)10-19-18(23)20-16-6-4-15(5-7-16)14(3)22/h4-7,13,17H,8-12H2,1-3H3,(H2,19,20,23). The molecule has 0 bridgehead atoms. The molecule has 0 radical (unpaired) electrons. The zero-order valence-corrected chi connectivity index (χ0v) is 14.7. The molecule has 0 saturated carbocycles. The summed E-state index contributed by atoms with van der Waals surface area (Å²) in [6.07, 6.45) is 0.0170. The van der Waals surface area contributed by atoms with Gasteiger partial charge in [-0.1, -0.05) is 13.8 Å². The number of amides is 2. The average molecular weight is 333 g/mol. The van der Waals surface area contributed by atoms with Gasteiger partial charge in [-0.25, -0.2) is 4.79 Å². The van der Waals surface area contributed by atoms with Gasteiger partial charge >= 0.3 is 6.03 Å². The molecule has 24 heavy (non-hydrogen) atoms. The van der Waals surface area contributed by atoms with Crippen LogP contribution in [-0.4, -0.2) is 55.6 Å². The number of hydrogen-bond acceptors (Lipinski definition) is 4. The molecule has 132 valence electrons. The minimum absolute atomic E-state index is 0.00593. The average Bonchev–Trinajstić information content (AvgIpc) is 2.53. The van der Waals surface area contributed by atoms with Gasteiger partial charge in [-0.2, -0.15) is 0 Å². The summed E-state index contributed by atoms with van der Waals surface area (Å²) in [6.45, 7) is 9.94. The molecule has 2 N–H and O–H groups in total. The highest BCUT2D eigenvalue weighted by atomic mass is 16.5. The summed E-state index contributed by atoms with van der Waals surface area (Å²) in [4.78, 5) is 25.6. The molecule has 1 saturated heterocycles. The lowest BCUT2D eigenvalue weighted by Crippen LogP contribution is -2.48. The first kappa shape index (κ1) is 18.4. The fraction of sp³-hybridized carbons (Fsp3) is 0.556. The van der Waals surface area contributed by atoms with Crippen molar-refractivity contribution in [2.24, 2.45) is 5.92 Å². The van der Waals surface area contributed by atoms with Gasteiger partial charge in [0.15, 0.2) is 5.78 Å². The van der Waals surface area contributed by atoms with Crippen molar-refractivity contribution in [3.05, 3.63) is 29.8 Å². The highest BCUT2D eigenvalue weighted by molar-refractivity contribution is 5.95. The molecule has 1 heterocycles. The zero-order valence-electron chi connectivity index (χ0n) is 14.7. The maximum absolute atomic E-state index is 12.0. The van der Waals surface area contributed by atoms with Gasteiger partial charge in [0.2, 0.25) is 0 Å². The summed E-state index contributed by atoms with van der Waals surface area (Å²) in [5.74, 6) is 0.629. The molecule has 0 spiro atoms. The highest BCUT2D eigenvalue weighted by Gasteiger charge is 2.21. The van der Waals surface area contributed by atoms with Crippen LogP contribution in [0.2, 0.25) is 0 Å². The maximum Gasteiger partial charge on any atom is 0.319 e. The van der Waals surface area contributed by atoms with E-state index in [2.05, 4.69) is 29.4 Å². The Morgan fingerprint density at radius 3 is 2.62 bits per heavy atom. The molecule has 2 amide bonds. The van der Waals surface area contributed by atoms with E-state index < -0.39 is 0 Å². The molecule has 6 heteroatoms. The number of morpholine rings is 1. The molecular weight excluding hydrogens is 306 g/mol. The smallest absolute Gasteiger partial charge is 0.319 e. The first-order valence-corrected chi connectivity index (χ1v) is 8.44. The Morgan fingerprint density at radius 1 is 1.29 bits per heavy atom. The fourth-order valence-corrected chi connectivity index (χ4v) is 2.76. The molecule has 1 aromatic carbocycles. The summed E-state index contributed by atoms with van der Waals surface area (Å²) in [6, 6.07) is 6.57. The van der Waals surface area contributed by atoms with Crippen LogP contribution in [0.4, 0.5) is 10.5 Å². The van der Waals surface area contributed by atoms with E-state index in [1.807, 2.05) is 0 Å². The van der Waals surface area contributed by atoms with Crippen LogP contribution in [0, 0.1) is 5.92 Å². The van der Waals surface area contributed by atoms with Crippen molar-refractivity contribution in [2.45, 2.75) is 26.9 Å². The van der Waals surface area contributed by atoms with E-state index in [4.69, 9.17) is 4.74 Å². The number of nitrogens with one attached hydrogen (secondary N) is 2. The zero-order chi connectivity index (χ0) is 17.5. The molecule has 0 aromatic heterocycles. The van der Waals surface area contributed by atoms with Crippen LogP contribution in [0.5, 0.6) is 0 Å². The van der Waals surface area contributed by atoms with Crippen LogP contribution >= 0.6 is 0 Å². The number of Topliss-reactive ketones (excluding diaryl/α,β-unsaturated/α-hetero) is 1. The number of ketones is 1. The third kappa shape index (κ3) is 5.94. The van der Waals surface area contributed by atoms with Crippen LogP contribution in [-0.2, 0) is 4.74 Å². The predicted octanol–water partition coefficient (Wildman–Crippen LogP) is 2.37. The first-order valence-electron chi connectivity index (χ1n) is 8.44. The van der Waals surface area contributed by atoms with Gasteiger partial charge in [0.05, 0.1) is 12.7 Å². The summed E-state index contributed by atoms with van der Waals surface area (Å²) in [7, 11) is 0. The Bertz CT molecular complexity index is 557. The summed E-state index contributed by atoms with van der Waals surface area (Å²) >= 11 is 0. The quantitative estimate of drug-likeness (QED) is 0.784. The van der Waals surface area contributed by atoms with Gasteiger partial charge in [-0.15, -0.1) is 0 Å². The lowest BCUT2D eigenvalue weighted by molar-refractivity contribution is -0.0288. The number of benzene rings is 1. The molecule has 1 aliphatic rings. The van der Waals surface area contributed by atoms with E-state index in [1.165, 1.54) is 6.92 Å². The van der Waals surface area contributed by atoms with Gasteiger partial charge in [0.25, 0.3) is 0 Å². The number of carbonyl (C=O) groups excluding carboxylic acids is 2. The maximum atomic E-state index is 12.0. The van der Waals surface area contributed by atoms with E-state index in [0.29, 0.717) is 30.3 Å². The summed E-state index contributed by atoms with van der Waals surface area (Å²) in [5, 5.41) is 5.60. The number of carbonyl (C=O) groups is 2. The molecular formula is C18H27N3O3. The second-order valence-corrected chi connectivity index (χ2v) is 6.61. The van der Waals surface area contributed by atoms with E-state index in [-0.39, 0.29) is 17.9 Å². The fourth-order valence-electron chi connectivity index (χ4n) is 2.76. The van der Waals surface area contributed by atoms with Crippen molar-refractivity contribution >= 4 is 17.5 Å². The molecule has 6 nitrogen and oxygen atoms in total. The Labute approximate surface area is 143 Å². The van der Waals surface area contributed by atoms with Crippen molar-refractivity contribution < 1.29 is 14.3 Å². The normalized spacial score (nSPS) is 18.4. The second-order valence-electron chi connectivity index (χ2n) is 6.61. The summed E-state index contributed by atoms with van der Waals surface area (Å²) < 4.78 is 5.71. The van der Waals surface area contributed by atoms with Crippen molar-refractivity contribution in [2.75, 3.05) is 38.1 Å². The van der Waals surface area contributed by atoms with E-state index in [9.17, 15) is 9.59 Å². The number of nitrogens with zero attached hydrogens (tertiary/aromatic N) is 1. The van der Waals surface area contributed by atoms with Crippen molar-refractivity contribution in [1.29, 1.82) is 0 Å². The lowest BCUT2D eigenvalue weighted by Gasteiger charge is -2.33.